The van der Waals surface area contributed by atoms with Gasteiger partial charge in [-0.1, -0.05) is 6.07 Å². The Labute approximate surface area is 111 Å². The second-order valence-electron chi connectivity index (χ2n) is 4.30. The van der Waals surface area contributed by atoms with E-state index in [4.69, 9.17) is 5.73 Å². The number of nitrogens with zero attached hydrogens (tertiary/aromatic N) is 2. The molecule has 1 amide bonds. The minimum absolute atomic E-state index is 0.102. The summed E-state index contributed by atoms with van der Waals surface area (Å²) in [6, 6.07) is 8.07. The molecule has 18 heavy (non-hydrogen) atoms. The summed E-state index contributed by atoms with van der Waals surface area (Å²) in [5, 5.41) is 9.28. The molecule has 0 radical (unpaired) electrons. The van der Waals surface area contributed by atoms with E-state index in [9.17, 15) is 10.1 Å². The van der Waals surface area contributed by atoms with Crippen molar-refractivity contribution in [3.05, 3.63) is 23.8 Å². The van der Waals surface area contributed by atoms with Crippen molar-refractivity contribution in [2.75, 3.05) is 24.2 Å². The summed E-state index contributed by atoms with van der Waals surface area (Å²) in [6.07, 6.45) is 2.72. The van der Waals surface area contributed by atoms with Crippen molar-refractivity contribution in [2.24, 2.45) is 11.7 Å². The molecule has 5 heteroatoms. The molecule has 1 saturated heterocycles. The lowest BCUT2D eigenvalue weighted by molar-refractivity contribution is -0.121. The number of thioether (sulfide) groups is 1. The van der Waals surface area contributed by atoms with Crippen LogP contribution >= 0.6 is 11.8 Å². The normalized spacial score (nSPS) is 18.7. The number of anilines is 1. The molecule has 2 rings (SSSR count). The Morgan fingerprint density at radius 2 is 2.39 bits per heavy atom. The van der Waals surface area contributed by atoms with Gasteiger partial charge < -0.3 is 10.6 Å². The molecule has 0 saturated carbocycles. The number of rotatable bonds is 3. The fraction of sp³-hybridized carbons (Fsp3) is 0.385. The predicted molar refractivity (Wildman–Crippen MR) is 72.5 cm³/mol. The van der Waals surface area contributed by atoms with Crippen LogP contribution in [0, 0.1) is 17.2 Å². The molecule has 1 atom stereocenters. The highest BCUT2D eigenvalue weighted by molar-refractivity contribution is 7.98. The lowest BCUT2D eigenvalue weighted by Crippen LogP contribution is -2.27. The monoisotopic (exact) mass is 261 g/mol. The highest BCUT2D eigenvalue weighted by atomic mass is 32.2. The van der Waals surface area contributed by atoms with Crippen molar-refractivity contribution in [3.8, 4) is 6.07 Å². The fourth-order valence-electron chi connectivity index (χ4n) is 2.28. The van der Waals surface area contributed by atoms with Gasteiger partial charge in [0.1, 0.15) is 6.07 Å². The van der Waals surface area contributed by atoms with E-state index in [1.54, 1.807) is 11.8 Å². The first-order valence-electron chi connectivity index (χ1n) is 5.78. The van der Waals surface area contributed by atoms with E-state index in [1.807, 2.05) is 24.5 Å². The van der Waals surface area contributed by atoms with Gasteiger partial charge in [0.25, 0.3) is 0 Å². The van der Waals surface area contributed by atoms with E-state index < -0.39 is 0 Å². The third-order valence-electron chi connectivity index (χ3n) is 3.27. The fourth-order valence-corrected chi connectivity index (χ4v) is 2.85. The summed E-state index contributed by atoms with van der Waals surface area (Å²) in [4.78, 5) is 14.2. The number of primary amides is 1. The van der Waals surface area contributed by atoms with E-state index >= 15 is 0 Å². The molecular weight excluding hydrogens is 246 g/mol. The van der Waals surface area contributed by atoms with Gasteiger partial charge in [-0.3, -0.25) is 4.79 Å². The van der Waals surface area contributed by atoms with Crippen molar-refractivity contribution in [2.45, 2.75) is 11.3 Å². The van der Waals surface area contributed by atoms with Crippen LogP contribution in [0.15, 0.2) is 23.1 Å². The second kappa shape index (κ2) is 5.32. The molecule has 2 N–H and O–H groups in total. The van der Waals surface area contributed by atoms with Crippen molar-refractivity contribution in [1.82, 2.24) is 0 Å². The van der Waals surface area contributed by atoms with E-state index in [0.29, 0.717) is 12.1 Å². The Hall–Kier alpha value is -1.67. The Kier molecular flexibility index (Phi) is 3.78. The van der Waals surface area contributed by atoms with Gasteiger partial charge in [0.2, 0.25) is 5.91 Å². The summed E-state index contributed by atoms with van der Waals surface area (Å²) >= 11 is 1.56. The standard InChI is InChI=1S/C13H15N3OS/c1-18-12-4-2-3-11(10(12)7-14)16-6-5-9(8-16)13(15)17/h2-4,9H,5-6,8H2,1H3,(H2,15,17). The molecular formula is C13H15N3OS. The number of nitriles is 1. The lowest BCUT2D eigenvalue weighted by atomic mass is 10.1. The van der Waals surface area contributed by atoms with Crippen LogP contribution in [0.5, 0.6) is 0 Å². The summed E-state index contributed by atoms with van der Waals surface area (Å²) in [5.41, 5.74) is 6.93. The van der Waals surface area contributed by atoms with Crippen LogP contribution in [0.4, 0.5) is 5.69 Å². The Balaban J connectivity index is 2.30. The number of amides is 1. The number of carbonyl (C=O) groups excluding carboxylic acids is 1. The zero-order valence-electron chi connectivity index (χ0n) is 10.2. The molecule has 1 heterocycles. The highest BCUT2D eigenvalue weighted by Crippen LogP contribution is 2.32. The van der Waals surface area contributed by atoms with Crippen LogP contribution in [-0.2, 0) is 4.79 Å². The van der Waals surface area contributed by atoms with Crippen LogP contribution < -0.4 is 10.6 Å². The number of carbonyl (C=O) groups is 1. The zero-order valence-corrected chi connectivity index (χ0v) is 11.0. The van der Waals surface area contributed by atoms with Crippen LogP contribution in [-0.4, -0.2) is 25.3 Å². The lowest BCUT2D eigenvalue weighted by Gasteiger charge is -2.20. The van der Waals surface area contributed by atoms with E-state index in [1.165, 1.54) is 0 Å². The first kappa shape index (κ1) is 12.8. The smallest absolute Gasteiger partial charge is 0.222 e. The van der Waals surface area contributed by atoms with Gasteiger partial charge in [-0.15, -0.1) is 11.8 Å². The summed E-state index contributed by atoms with van der Waals surface area (Å²) in [7, 11) is 0. The average Bonchev–Trinajstić information content (AvgIpc) is 2.87. The number of hydrogen-bond donors (Lipinski definition) is 1. The third-order valence-corrected chi connectivity index (χ3v) is 4.05. The van der Waals surface area contributed by atoms with Crippen molar-refractivity contribution < 1.29 is 4.79 Å². The Bertz CT molecular complexity index is 509. The molecule has 1 aromatic carbocycles. The number of benzene rings is 1. The van der Waals surface area contributed by atoms with Gasteiger partial charge in [0.05, 0.1) is 17.2 Å². The zero-order chi connectivity index (χ0) is 13.1. The van der Waals surface area contributed by atoms with Crippen LogP contribution in [0.1, 0.15) is 12.0 Å². The Morgan fingerprint density at radius 3 is 2.94 bits per heavy atom. The number of hydrogen-bond acceptors (Lipinski definition) is 4. The molecule has 0 aromatic heterocycles. The number of nitrogens with two attached hydrogens (primary N) is 1. The van der Waals surface area contributed by atoms with E-state index in [-0.39, 0.29) is 11.8 Å². The molecule has 1 aromatic rings. The van der Waals surface area contributed by atoms with Gasteiger partial charge >= 0.3 is 0 Å². The molecule has 94 valence electrons. The second-order valence-corrected chi connectivity index (χ2v) is 5.15. The molecule has 0 aliphatic carbocycles. The summed E-state index contributed by atoms with van der Waals surface area (Å²) in [6.45, 7) is 1.39. The summed E-state index contributed by atoms with van der Waals surface area (Å²) < 4.78 is 0. The van der Waals surface area contributed by atoms with Crippen molar-refractivity contribution in [1.29, 1.82) is 5.26 Å². The predicted octanol–water partition coefficient (Wildman–Crippen LogP) is 1.59. The summed E-state index contributed by atoms with van der Waals surface area (Å²) in [5.74, 6) is -0.355. The van der Waals surface area contributed by atoms with E-state index in [0.717, 1.165) is 23.5 Å². The third kappa shape index (κ3) is 2.29. The van der Waals surface area contributed by atoms with Gasteiger partial charge in [0, 0.05) is 18.0 Å². The van der Waals surface area contributed by atoms with Crippen LogP contribution in [0.2, 0.25) is 0 Å². The maximum Gasteiger partial charge on any atom is 0.222 e. The topological polar surface area (TPSA) is 70.1 Å². The first-order chi connectivity index (χ1) is 8.67. The highest BCUT2D eigenvalue weighted by Gasteiger charge is 2.28. The molecule has 0 spiro atoms. The van der Waals surface area contributed by atoms with Crippen molar-refractivity contribution in [3.63, 3.8) is 0 Å². The molecule has 4 nitrogen and oxygen atoms in total. The van der Waals surface area contributed by atoms with Crippen molar-refractivity contribution >= 4 is 23.4 Å². The van der Waals surface area contributed by atoms with E-state index in [2.05, 4.69) is 11.0 Å². The van der Waals surface area contributed by atoms with Crippen LogP contribution in [0.25, 0.3) is 0 Å². The van der Waals surface area contributed by atoms with Gasteiger partial charge in [-0.2, -0.15) is 5.26 Å². The van der Waals surface area contributed by atoms with Gasteiger partial charge in [-0.25, -0.2) is 0 Å². The molecule has 0 bridgehead atoms. The maximum absolute atomic E-state index is 11.2. The Morgan fingerprint density at radius 1 is 1.61 bits per heavy atom. The largest absolute Gasteiger partial charge is 0.370 e. The minimum Gasteiger partial charge on any atom is -0.370 e. The SMILES string of the molecule is CSc1cccc(N2CCC(C(N)=O)C2)c1C#N. The van der Waals surface area contributed by atoms with Gasteiger partial charge in [0.15, 0.2) is 0 Å². The van der Waals surface area contributed by atoms with Crippen LogP contribution in [0.3, 0.4) is 0 Å². The molecule has 1 aliphatic heterocycles. The minimum atomic E-state index is -0.253. The van der Waals surface area contributed by atoms with Gasteiger partial charge in [-0.05, 0) is 24.8 Å². The quantitative estimate of drug-likeness (QED) is 0.839. The molecule has 1 unspecified atom stereocenters. The maximum atomic E-state index is 11.2. The molecule has 1 aliphatic rings. The first-order valence-corrected chi connectivity index (χ1v) is 7.01. The molecule has 1 fully saturated rings. The average molecular weight is 261 g/mol.